The summed E-state index contributed by atoms with van der Waals surface area (Å²) in [5, 5.41) is 5.38. The van der Waals surface area contributed by atoms with Gasteiger partial charge in [-0.3, -0.25) is 19.0 Å². The summed E-state index contributed by atoms with van der Waals surface area (Å²) in [6.45, 7) is 4.08. The van der Waals surface area contributed by atoms with E-state index < -0.39 is 0 Å². The molecule has 0 saturated carbocycles. The maximum absolute atomic E-state index is 13.0. The fourth-order valence-electron chi connectivity index (χ4n) is 3.22. The van der Waals surface area contributed by atoms with Gasteiger partial charge in [0.05, 0.1) is 11.0 Å². The van der Waals surface area contributed by atoms with Gasteiger partial charge in [-0.25, -0.2) is 4.98 Å². The molecule has 0 spiro atoms. The summed E-state index contributed by atoms with van der Waals surface area (Å²) in [4.78, 5) is 41.6. The van der Waals surface area contributed by atoms with Crippen molar-refractivity contribution in [2.75, 3.05) is 12.4 Å². The number of nitrogens with one attached hydrogen (secondary N) is 2. The van der Waals surface area contributed by atoms with Crippen LogP contribution in [-0.4, -0.2) is 28.4 Å². The van der Waals surface area contributed by atoms with Crippen molar-refractivity contribution in [1.82, 2.24) is 14.9 Å². The van der Waals surface area contributed by atoms with Crippen molar-refractivity contribution in [3.05, 3.63) is 70.1 Å². The molecule has 0 aliphatic rings. The average Bonchev–Trinajstić information content (AvgIpc) is 2.74. The minimum Gasteiger partial charge on any atom is -0.359 e. The van der Waals surface area contributed by atoms with Crippen LogP contribution in [-0.2, 0) is 22.6 Å². The van der Waals surface area contributed by atoms with Gasteiger partial charge in [0.2, 0.25) is 11.8 Å². The van der Waals surface area contributed by atoms with Crippen molar-refractivity contribution >= 4 is 28.5 Å². The Morgan fingerprint density at radius 2 is 1.73 bits per heavy atom. The van der Waals surface area contributed by atoms with E-state index in [4.69, 9.17) is 0 Å². The van der Waals surface area contributed by atoms with Gasteiger partial charge in [0.15, 0.2) is 0 Å². The SMILES string of the molecule is CNC(=O)CCc1nc2ccccc2n(CC(=O)Nc2ccc(C(C)C)cc2)c1=O. The monoisotopic (exact) mass is 406 g/mol. The van der Waals surface area contributed by atoms with Crippen LogP contribution in [0.5, 0.6) is 0 Å². The second kappa shape index (κ2) is 9.35. The Morgan fingerprint density at radius 3 is 2.40 bits per heavy atom. The lowest BCUT2D eigenvalue weighted by Crippen LogP contribution is -2.31. The number of para-hydroxylation sites is 2. The zero-order valence-electron chi connectivity index (χ0n) is 17.4. The highest BCUT2D eigenvalue weighted by Gasteiger charge is 2.15. The molecule has 0 aliphatic heterocycles. The Kier molecular flexibility index (Phi) is 6.61. The molecular formula is C23H26N4O3. The molecule has 1 aromatic heterocycles. The number of anilines is 1. The molecule has 7 nitrogen and oxygen atoms in total. The third-order valence-corrected chi connectivity index (χ3v) is 4.95. The van der Waals surface area contributed by atoms with Gasteiger partial charge in [-0.1, -0.05) is 38.1 Å². The molecule has 7 heteroatoms. The van der Waals surface area contributed by atoms with Crippen LogP contribution in [0.25, 0.3) is 11.0 Å². The standard InChI is InChI=1S/C23H26N4O3/c1-15(2)16-8-10-17(11-9-16)25-22(29)14-27-20-7-5-4-6-18(20)26-19(23(27)30)12-13-21(28)24-3/h4-11,15H,12-14H2,1-3H3,(H,24,28)(H,25,29). The third-order valence-electron chi connectivity index (χ3n) is 4.95. The predicted molar refractivity (Wildman–Crippen MR) is 118 cm³/mol. The lowest BCUT2D eigenvalue weighted by Gasteiger charge is -2.13. The number of amides is 2. The van der Waals surface area contributed by atoms with Crippen LogP contribution in [0.3, 0.4) is 0 Å². The molecule has 0 fully saturated rings. The van der Waals surface area contributed by atoms with E-state index in [-0.39, 0.29) is 42.5 Å². The van der Waals surface area contributed by atoms with Crippen LogP contribution >= 0.6 is 0 Å². The molecular weight excluding hydrogens is 380 g/mol. The summed E-state index contributed by atoms with van der Waals surface area (Å²) in [5.74, 6) is -0.0637. The highest BCUT2D eigenvalue weighted by atomic mass is 16.2. The zero-order chi connectivity index (χ0) is 21.7. The van der Waals surface area contributed by atoms with Gasteiger partial charge in [-0.2, -0.15) is 0 Å². The van der Waals surface area contributed by atoms with Crippen molar-refractivity contribution in [3.8, 4) is 0 Å². The lowest BCUT2D eigenvalue weighted by atomic mass is 10.0. The average molecular weight is 406 g/mol. The minimum atomic E-state index is -0.358. The summed E-state index contributed by atoms with van der Waals surface area (Å²) >= 11 is 0. The van der Waals surface area contributed by atoms with Crippen LogP contribution in [0.1, 0.15) is 37.4 Å². The van der Waals surface area contributed by atoms with Crippen LogP contribution in [0.15, 0.2) is 53.3 Å². The molecule has 0 atom stereocenters. The van der Waals surface area contributed by atoms with Crippen molar-refractivity contribution in [3.63, 3.8) is 0 Å². The van der Waals surface area contributed by atoms with Crippen molar-refractivity contribution < 1.29 is 9.59 Å². The van der Waals surface area contributed by atoms with E-state index in [1.165, 1.54) is 10.1 Å². The Hall–Kier alpha value is -3.48. The molecule has 0 saturated heterocycles. The number of hydrogen-bond acceptors (Lipinski definition) is 4. The van der Waals surface area contributed by atoms with Crippen molar-refractivity contribution in [1.29, 1.82) is 0 Å². The molecule has 30 heavy (non-hydrogen) atoms. The second-order valence-electron chi connectivity index (χ2n) is 7.44. The first kappa shape index (κ1) is 21.2. The van der Waals surface area contributed by atoms with E-state index in [0.717, 1.165) is 0 Å². The van der Waals surface area contributed by atoms with Gasteiger partial charge in [0.25, 0.3) is 5.56 Å². The summed E-state index contributed by atoms with van der Waals surface area (Å²) in [5.41, 5.74) is 2.96. The van der Waals surface area contributed by atoms with Gasteiger partial charge >= 0.3 is 0 Å². The Balaban J connectivity index is 1.86. The molecule has 0 bridgehead atoms. The number of carbonyl (C=O) groups excluding carboxylic acids is 2. The van der Waals surface area contributed by atoms with E-state index in [0.29, 0.717) is 22.6 Å². The van der Waals surface area contributed by atoms with E-state index in [1.54, 1.807) is 25.2 Å². The first-order valence-corrected chi connectivity index (χ1v) is 9.98. The van der Waals surface area contributed by atoms with Crippen LogP contribution < -0.4 is 16.2 Å². The minimum absolute atomic E-state index is 0.138. The summed E-state index contributed by atoms with van der Waals surface area (Å²) < 4.78 is 1.42. The maximum Gasteiger partial charge on any atom is 0.273 e. The van der Waals surface area contributed by atoms with Gasteiger partial charge < -0.3 is 10.6 Å². The molecule has 0 unspecified atom stereocenters. The number of carbonyl (C=O) groups is 2. The quantitative estimate of drug-likeness (QED) is 0.631. The molecule has 1 heterocycles. The molecule has 0 radical (unpaired) electrons. The molecule has 3 aromatic rings. The summed E-state index contributed by atoms with van der Waals surface area (Å²) in [6.07, 6.45) is 0.368. The largest absolute Gasteiger partial charge is 0.359 e. The maximum atomic E-state index is 13.0. The third kappa shape index (κ3) is 4.92. The zero-order valence-corrected chi connectivity index (χ0v) is 17.4. The highest BCUT2D eigenvalue weighted by Crippen LogP contribution is 2.17. The van der Waals surface area contributed by atoms with Crippen LogP contribution in [0.4, 0.5) is 5.69 Å². The number of benzene rings is 2. The lowest BCUT2D eigenvalue weighted by molar-refractivity contribution is -0.120. The first-order valence-electron chi connectivity index (χ1n) is 9.98. The first-order chi connectivity index (χ1) is 14.4. The molecule has 0 aliphatic carbocycles. The highest BCUT2D eigenvalue weighted by molar-refractivity contribution is 5.91. The predicted octanol–water partition coefficient (Wildman–Crippen LogP) is 2.84. The van der Waals surface area contributed by atoms with E-state index in [9.17, 15) is 14.4 Å². The van der Waals surface area contributed by atoms with E-state index >= 15 is 0 Å². The Labute approximate surface area is 175 Å². The number of hydrogen-bond donors (Lipinski definition) is 2. The summed E-state index contributed by atoms with van der Waals surface area (Å²) in [7, 11) is 1.55. The number of nitrogens with zero attached hydrogens (tertiary/aromatic N) is 2. The molecule has 156 valence electrons. The number of aromatic nitrogens is 2. The van der Waals surface area contributed by atoms with Gasteiger partial charge in [-0.15, -0.1) is 0 Å². The van der Waals surface area contributed by atoms with Gasteiger partial charge in [0.1, 0.15) is 12.2 Å². The second-order valence-corrected chi connectivity index (χ2v) is 7.44. The smallest absolute Gasteiger partial charge is 0.273 e. The van der Waals surface area contributed by atoms with Crippen molar-refractivity contribution in [2.24, 2.45) is 0 Å². The van der Waals surface area contributed by atoms with E-state index in [2.05, 4.69) is 29.5 Å². The fraction of sp³-hybridized carbons (Fsp3) is 0.304. The number of fused-ring (bicyclic) bond motifs is 1. The molecule has 2 aromatic carbocycles. The Bertz CT molecular complexity index is 1120. The fourth-order valence-corrected chi connectivity index (χ4v) is 3.22. The number of aryl methyl sites for hydroxylation is 1. The van der Waals surface area contributed by atoms with Crippen LogP contribution in [0.2, 0.25) is 0 Å². The van der Waals surface area contributed by atoms with Gasteiger partial charge in [0, 0.05) is 25.6 Å². The van der Waals surface area contributed by atoms with Gasteiger partial charge in [-0.05, 0) is 35.7 Å². The van der Waals surface area contributed by atoms with Crippen molar-refractivity contribution in [2.45, 2.75) is 39.2 Å². The number of rotatable bonds is 7. The molecule has 3 rings (SSSR count). The van der Waals surface area contributed by atoms with E-state index in [1.807, 2.05) is 30.3 Å². The topological polar surface area (TPSA) is 93.1 Å². The van der Waals surface area contributed by atoms with Crippen LogP contribution in [0, 0.1) is 0 Å². The Morgan fingerprint density at radius 1 is 1.03 bits per heavy atom. The summed E-state index contributed by atoms with van der Waals surface area (Å²) in [6, 6.07) is 14.8. The normalized spacial score (nSPS) is 10.9. The molecule has 2 N–H and O–H groups in total. The molecule has 2 amide bonds.